The van der Waals surface area contributed by atoms with E-state index in [9.17, 15) is 9.18 Å². The van der Waals surface area contributed by atoms with Gasteiger partial charge in [-0.2, -0.15) is 10.4 Å². The summed E-state index contributed by atoms with van der Waals surface area (Å²) in [6, 6.07) is 23.5. The number of amides is 1. The minimum atomic E-state index is -0.762. The van der Waals surface area contributed by atoms with E-state index >= 15 is 0 Å². The smallest absolute Gasteiger partial charge is 0.267 e. The summed E-state index contributed by atoms with van der Waals surface area (Å²) in [5.74, 6) is -1.44. The van der Waals surface area contributed by atoms with E-state index in [4.69, 9.17) is 5.26 Å². The van der Waals surface area contributed by atoms with Crippen LogP contribution in [0.4, 0.5) is 4.39 Å². The Hall–Kier alpha value is -4.04. The standard InChI is InChI=1S/C23H14FN3O/c24-22-11-15(13-25)9-10-20(22)23(28)27-26-14-21-18-7-3-1-5-16(18)12-17-6-2-4-8-19(17)21/h1-12,14H,(H,27,28). The lowest BCUT2D eigenvalue weighted by Crippen LogP contribution is -2.19. The van der Waals surface area contributed by atoms with Crippen molar-refractivity contribution in [2.45, 2.75) is 0 Å². The van der Waals surface area contributed by atoms with Gasteiger partial charge < -0.3 is 0 Å². The molecule has 0 radical (unpaired) electrons. The molecular formula is C23H14FN3O. The molecule has 5 heteroatoms. The minimum Gasteiger partial charge on any atom is -0.267 e. The van der Waals surface area contributed by atoms with E-state index in [0.717, 1.165) is 33.2 Å². The van der Waals surface area contributed by atoms with Crippen LogP contribution in [0.3, 0.4) is 0 Å². The van der Waals surface area contributed by atoms with E-state index in [-0.39, 0.29) is 11.1 Å². The van der Waals surface area contributed by atoms with Crippen LogP contribution < -0.4 is 5.43 Å². The monoisotopic (exact) mass is 367 g/mol. The van der Waals surface area contributed by atoms with Gasteiger partial charge in [-0.05, 0) is 45.8 Å². The predicted octanol–water partition coefficient (Wildman–Crippen LogP) is 4.77. The number of nitrogens with zero attached hydrogens (tertiary/aromatic N) is 2. The van der Waals surface area contributed by atoms with Crippen LogP contribution in [0.2, 0.25) is 0 Å². The van der Waals surface area contributed by atoms with Crippen molar-refractivity contribution in [2.75, 3.05) is 0 Å². The van der Waals surface area contributed by atoms with Gasteiger partial charge in [-0.15, -0.1) is 0 Å². The summed E-state index contributed by atoms with van der Waals surface area (Å²) in [6.45, 7) is 0. The number of hydrazone groups is 1. The Morgan fingerprint density at radius 3 is 2.21 bits per heavy atom. The van der Waals surface area contributed by atoms with Crippen LogP contribution in [0, 0.1) is 17.1 Å². The molecule has 0 saturated heterocycles. The van der Waals surface area contributed by atoms with Gasteiger partial charge in [-0.1, -0.05) is 48.5 Å². The highest BCUT2D eigenvalue weighted by atomic mass is 19.1. The molecule has 1 N–H and O–H groups in total. The quantitative estimate of drug-likeness (QED) is 0.322. The van der Waals surface area contributed by atoms with Crippen molar-refractivity contribution >= 4 is 33.7 Å². The van der Waals surface area contributed by atoms with Crippen LogP contribution >= 0.6 is 0 Å². The van der Waals surface area contributed by atoms with Crippen molar-refractivity contribution in [2.24, 2.45) is 5.10 Å². The fourth-order valence-corrected chi connectivity index (χ4v) is 3.17. The topological polar surface area (TPSA) is 65.2 Å². The van der Waals surface area contributed by atoms with Crippen molar-refractivity contribution in [1.29, 1.82) is 5.26 Å². The number of nitrogens with one attached hydrogen (secondary N) is 1. The molecule has 4 aromatic carbocycles. The first kappa shape index (κ1) is 17.4. The van der Waals surface area contributed by atoms with E-state index in [2.05, 4.69) is 16.6 Å². The molecule has 4 aromatic rings. The third-order valence-corrected chi connectivity index (χ3v) is 4.52. The van der Waals surface area contributed by atoms with E-state index in [1.807, 2.05) is 54.6 Å². The molecule has 0 bridgehead atoms. The largest absolute Gasteiger partial charge is 0.274 e. The minimum absolute atomic E-state index is 0.153. The molecule has 134 valence electrons. The summed E-state index contributed by atoms with van der Waals surface area (Å²) in [5, 5.41) is 17.0. The van der Waals surface area contributed by atoms with E-state index in [0.29, 0.717) is 0 Å². The van der Waals surface area contributed by atoms with Crippen LogP contribution in [-0.2, 0) is 0 Å². The Labute approximate surface area is 160 Å². The molecule has 28 heavy (non-hydrogen) atoms. The van der Waals surface area contributed by atoms with Crippen molar-refractivity contribution in [1.82, 2.24) is 5.43 Å². The van der Waals surface area contributed by atoms with Crippen molar-refractivity contribution in [3.05, 3.63) is 95.3 Å². The second-order valence-corrected chi connectivity index (χ2v) is 6.24. The van der Waals surface area contributed by atoms with Gasteiger partial charge in [0.15, 0.2) is 0 Å². The Kier molecular flexibility index (Phi) is 4.53. The maximum absolute atomic E-state index is 14.0. The van der Waals surface area contributed by atoms with Gasteiger partial charge in [-0.25, -0.2) is 9.82 Å². The van der Waals surface area contributed by atoms with Gasteiger partial charge in [0.1, 0.15) is 5.82 Å². The Morgan fingerprint density at radius 1 is 0.964 bits per heavy atom. The first-order valence-corrected chi connectivity index (χ1v) is 8.61. The molecule has 0 heterocycles. The summed E-state index contributed by atoms with van der Waals surface area (Å²) >= 11 is 0. The lowest BCUT2D eigenvalue weighted by Gasteiger charge is -2.08. The second-order valence-electron chi connectivity index (χ2n) is 6.24. The highest BCUT2D eigenvalue weighted by molar-refractivity contribution is 6.13. The Morgan fingerprint density at radius 2 is 1.61 bits per heavy atom. The molecule has 0 aliphatic carbocycles. The molecule has 0 aromatic heterocycles. The molecule has 1 amide bonds. The number of halogens is 1. The zero-order valence-corrected chi connectivity index (χ0v) is 14.7. The molecule has 0 unspecified atom stereocenters. The maximum atomic E-state index is 14.0. The number of rotatable bonds is 3. The van der Waals surface area contributed by atoms with Gasteiger partial charge in [0.05, 0.1) is 23.4 Å². The number of hydrogen-bond acceptors (Lipinski definition) is 3. The normalized spacial score (nSPS) is 11.0. The molecule has 4 nitrogen and oxygen atoms in total. The van der Waals surface area contributed by atoms with Gasteiger partial charge in [0.25, 0.3) is 5.91 Å². The molecule has 0 aliphatic heterocycles. The maximum Gasteiger partial charge on any atom is 0.274 e. The molecule has 0 aliphatic rings. The fraction of sp³-hybridized carbons (Fsp3) is 0. The summed E-state index contributed by atoms with van der Waals surface area (Å²) < 4.78 is 14.0. The van der Waals surface area contributed by atoms with Crippen LogP contribution in [0.1, 0.15) is 21.5 Å². The summed E-state index contributed by atoms with van der Waals surface area (Å²) in [4.78, 5) is 12.2. The van der Waals surface area contributed by atoms with Gasteiger partial charge in [0.2, 0.25) is 0 Å². The number of fused-ring (bicyclic) bond motifs is 2. The van der Waals surface area contributed by atoms with Gasteiger partial charge in [0, 0.05) is 5.56 Å². The van der Waals surface area contributed by atoms with Crippen LogP contribution in [0.5, 0.6) is 0 Å². The molecule has 0 atom stereocenters. The molecular weight excluding hydrogens is 353 g/mol. The molecule has 0 saturated carbocycles. The first-order valence-electron chi connectivity index (χ1n) is 8.61. The number of nitriles is 1. The van der Waals surface area contributed by atoms with Gasteiger partial charge in [-0.3, -0.25) is 4.79 Å². The Balaban J connectivity index is 1.69. The number of carbonyl (C=O) groups is 1. The van der Waals surface area contributed by atoms with Crippen LogP contribution in [0.15, 0.2) is 77.9 Å². The van der Waals surface area contributed by atoms with E-state index < -0.39 is 11.7 Å². The third-order valence-electron chi connectivity index (χ3n) is 4.52. The van der Waals surface area contributed by atoms with Crippen molar-refractivity contribution in [3.8, 4) is 6.07 Å². The van der Waals surface area contributed by atoms with Crippen LogP contribution in [0.25, 0.3) is 21.5 Å². The fourth-order valence-electron chi connectivity index (χ4n) is 3.17. The average Bonchev–Trinajstić information content (AvgIpc) is 2.73. The number of hydrogen-bond donors (Lipinski definition) is 1. The predicted molar refractivity (Wildman–Crippen MR) is 108 cm³/mol. The van der Waals surface area contributed by atoms with E-state index in [1.165, 1.54) is 12.1 Å². The van der Waals surface area contributed by atoms with Gasteiger partial charge >= 0.3 is 0 Å². The lowest BCUT2D eigenvalue weighted by molar-refractivity contribution is 0.0951. The summed E-state index contributed by atoms with van der Waals surface area (Å²) in [7, 11) is 0. The van der Waals surface area contributed by atoms with Crippen molar-refractivity contribution < 1.29 is 9.18 Å². The SMILES string of the molecule is N#Cc1ccc(C(=O)NN=Cc2c3ccccc3cc3ccccc23)c(F)c1. The Bertz CT molecular complexity index is 1230. The number of benzene rings is 4. The second kappa shape index (κ2) is 7.29. The zero-order valence-electron chi connectivity index (χ0n) is 14.7. The van der Waals surface area contributed by atoms with Crippen molar-refractivity contribution in [3.63, 3.8) is 0 Å². The first-order chi connectivity index (χ1) is 13.7. The molecule has 0 fully saturated rings. The highest BCUT2D eigenvalue weighted by Crippen LogP contribution is 2.27. The lowest BCUT2D eigenvalue weighted by atomic mass is 9.97. The average molecular weight is 367 g/mol. The highest BCUT2D eigenvalue weighted by Gasteiger charge is 2.12. The summed E-state index contributed by atoms with van der Waals surface area (Å²) in [6.07, 6.45) is 1.57. The summed E-state index contributed by atoms with van der Waals surface area (Å²) in [5.41, 5.74) is 3.22. The number of carbonyl (C=O) groups excluding carboxylic acids is 1. The zero-order chi connectivity index (χ0) is 19.5. The molecule has 4 rings (SSSR count). The molecule has 0 spiro atoms. The van der Waals surface area contributed by atoms with Crippen LogP contribution in [-0.4, -0.2) is 12.1 Å². The third kappa shape index (κ3) is 3.19. The van der Waals surface area contributed by atoms with E-state index in [1.54, 1.807) is 6.21 Å².